The van der Waals surface area contributed by atoms with Crippen LogP contribution >= 0.6 is 11.6 Å². The highest BCUT2D eigenvalue weighted by Crippen LogP contribution is 2.24. The second-order valence-corrected chi connectivity index (χ2v) is 5.31. The Bertz CT molecular complexity index is 529. The predicted octanol–water partition coefficient (Wildman–Crippen LogP) is 0.760. The smallest absolute Gasteiger partial charge is 0.287 e. The van der Waals surface area contributed by atoms with Crippen molar-refractivity contribution in [2.45, 2.75) is 18.6 Å². The first-order valence-electron chi connectivity index (χ1n) is 6.73. The van der Waals surface area contributed by atoms with E-state index >= 15 is 0 Å². The van der Waals surface area contributed by atoms with Crippen LogP contribution in [0.15, 0.2) is 11.0 Å². The van der Waals surface area contributed by atoms with Gasteiger partial charge in [0.1, 0.15) is 10.6 Å². The van der Waals surface area contributed by atoms with Gasteiger partial charge in [0.15, 0.2) is 0 Å². The highest BCUT2D eigenvalue weighted by atomic mass is 35.5. The minimum Gasteiger partial charge on any atom is -0.383 e. The fourth-order valence-corrected chi connectivity index (χ4v) is 2.36. The summed E-state index contributed by atoms with van der Waals surface area (Å²) in [6.45, 7) is 2.46. The molecule has 0 aromatic carbocycles. The van der Waals surface area contributed by atoms with E-state index in [2.05, 4.69) is 10.4 Å². The maximum Gasteiger partial charge on any atom is 0.287 e. The van der Waals surface area contributed by atoms with Crippen molar-refractivity contribution in [1.82, 2.24) is 9.78 Å². The molecule has 1 aromatic heterocycles. The maximum absolute atomic E-state index is 12.1. The molecule has 0 saturated carbocycles. The number of hydrogen-bond donors (Lipinski definition) is 1. The second-order valence-electron chi connectivity index (χ2n) is 4.94. The highest BCUT2D eigenvalue weighted by Gasteiger charge is 2.34. The molecule has 2 rings (SSSR count). The van der Waals surface area contributed by atoms with Gasteiger partial charge in [-0.3, -0.25) is 4.79 Å². The molecular formula is C13H20ClN3O4. The maximum atomic E-state index is 12.1. The molecule has 0 bridgehead atoms. The van der Waals surface area contributed by atoms with Gasteiger partial charge in [0.05, 0.1) is 31.6 Å². The molecule has 1 atom stereocenters. The van der Waals surface area contributed by atoms with Crippen molar-refractivity contribution < 1.29 is 14.2 Å². The summed E-state index contributed by atoms with van der Waals surface area (Å²) in [6.07, 6.45) is 2.34. The molecule has 1 aliphatic heterocycles. The first kappa shape index (κ1) is 16.2. The zero-order valence-electron chi connectivity index (χ0n) is 12.2. The Balaban J connectivity index is 2.07. The number of hydrogen-bond acceptors (Lipinski definition) is 6. The number of nitrogens with one attached hydrogen (secondary N) is 1. The number of rotatable bonds is 7. The normalized spacial score (nSPS) is 21.7. The van der Waals surface area contributed by atoms with Gasteiger partial charge in [-0.25, -0.2) is 4.68 Å². The summed E-state index contributed by atoms with van der Waals surface area (Å²) in [5, 5.41) is 7.32. The summed E-state index contributed by atoms with van der Waals surface area (Å²) in [4.78, 5) is 12.1. The molecule has 0 aliphatic carbocycles. The molecule has 21 heavy (non-hydrogen) atoms. The second kappa shape index (κ2) is 7.22. The third kappa shape index (κ3) is 3.74. The standard InChI is InChI=1S/C13H20ClN3O4/c1-19-6-4-17-12(18)11(14)10(7-16-17)15-8-13(20-2)3-5-21-9-13/h7,15H,3-6,8-9H2,1-2H3. The number of anilines is 1. The van der Waals surface area contributed by atoms with Crippen molar-refractivity contribution in [2.75, 3.05) is 45.9 Å². The van der Waals surface area contributed by atoms with Crippen molar-refractivity contribution in [3.63, 3.8) is 0 Å². The fraction of sp³-hybridized carbons (Fsp3) is 0.692. The minimum absolute atomic E-state index is 0.117. The Morgan fingerprint density at radius 2 is 2.38 bits per heavy atom. The third-order valence-corrected chi connectivity index (χ3v) is 3.96. The van der Waals surface area contributed by atoms with Crippen LogP contribution in [0.25, 0.3) is 0 Å². The summed E-state index contributed by atoms with van der Waals surface area (Å²) in [6, 6.07) is 0. The quantitative estimate of drug-likeness (QED) is 0.800. The molecule has 1 fully saturated rings. The van der Waals surface area contributed by atoms with Crippen LogP contribution in [0.1, 0.15) is 6.42 Å². The van der Waals surface area contributed by atoms with Crippen LogP contribution in [0.3, 0.4) is 0 Å². The average molecular weight is 318 g/mol. The van der Waals surface area contributed by atoms with Crippen molar-refractivity contribution in [1.29, 1.82) is 0 Å². The molecule has 8 heteroatoms. The fourth-order valence-electron chi connectivity index (χ4n) is 2.14. The van der Waals surface area contributed by atoms with E-state index in [0.717, 1.165) is 6.42 Å². The lowest BCUT2D eigenvalue weighted by molar-refractivity contribution is -0.00620. The van der Waals surface area contributed by atoms with Crippen LogP contribution in [0, 0.1) is 0 Å². The van der Waals surface area contributed by atoms with Gasteiger partial charge < -0.3 is 19.5 Å². The van der Waals surface area contributed by atoms with Crippen molar-refractivity contribution in [3.8, 4) is 0 Å². The van der Waals surface area contributed by atoms with E-state index in [4.69, 9.17) is 25.8 Å². The largest absolute Gasteiger partial charge is 0.383 e. The van der Waals surface area contributed by atoms with Gasteiger partial charge >= 0.3 is 0 Å². The topological polar surface area (TPSA) is 74.6 Å². The zero-order valence-corrected chi connectivity index (χ0v) is 13.0. The molecule has 1 N–H and O–H groups in total. The molecule has 1 aromatic rings. The summed E-state index contributed by atoms with van der Waals surface area (Å²) >= 11 is 6.10. The molecule has 7 nitrogen and oxygen atoms in total. The number of ether oxygens (including phenoxy) is 3. The lowest BCUT2D eigenvalue weighted by atomic mass is 10.0. The van der Waals surface area contributed by atoms with E-state index in [9.17, 15) is 4.79 Å². The summed E-state index contributed by atoms with van der Waals surface area (Å²) < 4.78 is 17.1. The number of aromatic nitrogens is 2. The molecule has 0 radical (unpaired) electrons. The molecule has 1 unspecified atom stereocenters. The average Bonchev–Trinajstić information content (AvgIpc) is 2.97. The van der Waals surface area contributed by atoms with Crippen LogP contribution in [-0.2, 0) is 20.8 Å². The van der Waals surface area contributed by atoms with Gasteiger partial charge in [-0.05, 0) is 0 Å². The lowest BCUT2D eigenvalue weighted by Crippen LogP contribution is -2.40. The lowest BCUT2D eigenvalue weighted by Gasteiger charge is -2.26. The van der Waals surface area contributed by atoms with Crippen LogP contribution in [0.5, 0.6) is 0 Å². The Kier molecular flexibility index (Phi) is 5.58. The Hall–Kier alpha value is -1.15. The predicted molar refractivity (Wildman–Crippen MR) is 79.0 cm³/mol. The Morgan fingerprint density at radius 1 is 1.57 bits per heavy atom. The van der Waals surface area contributed by atoms with E-state index in [1.54, 1.807) is 20.4 Å². The van der Waals surface area contributed by atoms with Crippen LogP contribution in [-0.4, -0.2) is 56.0 Å². The summed E-state index contributed by atoms with van der Waals surface area (Å²) in [5.74, 6) is 0. The van der Waals surface area contributed by atoms with Gasteiger partial charge in [0.2, 0.25) is 0 Å². The van der Waals surface area contributed by atoms with Crippen molar-refractivity contribution >= 4 is 17.3 Å². The molecule has 118 valence electrons. The summed E-state index contributed by atoms with van der Waals surface area (Å²) in [7, 11) is 3.22. The van der Waals surface area contributed by atoms with Gasteiger partial charge in [0, 0.05) is 33.8 Å². The minimum atomic E-state index is -0.381. The van der Waals surface area contributed by atoms with Crippen LogP contribution in [0.4, 0.5) is 5.69 Å². The van der Waals surface area contributed by atoms with Gasteiger partial charge in [-0.15, -0.1) is 0 Å². The summed E-state index contributed by atoms with van der Waals surface area (Å²) in [5.41, 5.74) is -0.222. The van der Waals surface area contributed by atoms with Crippen LogP contribution < -0.4 is 10.9 Å². The third-order valence-electron chi connectivity index (χ3n) is 3.59. The van der Waals surface area contributed by atoms with Crippen molar-refractivity contribution in [3.05, 3.63) is 21.6 Å². The van der Waals surface area contributed by atoms with E-state index in [1.165, 1.54) is 4.68 Å². The number of methoxy groups -OCH3 is 2. The Morgan fingerprint density at radius 3 is 3.00 bits per heavy atom. The zero-order chi connectivity index (χ0) is 15.3. The highest BCUT2D eigenvalue weighted by molar-refractivity contribution is 6.32. The van der Waals surface area contributed by atoms with E-state index in [-0.39, 0.29) is 16.2 Å². The number of nitrogens with zero attached hydrogens (tertiary/aromatic N) is 2. The molecule has 2 heterocycles. The monoisotopic (exact) mass is 317 g/mol. The molecule has 1 aliphatic rings. The van der Waals surface area contributed by atoms with Gasteiger partial charge in [0.25, 0.3) is 5.56 Å². The molecule has 1 saturated heterocycles. The SMILES string of the molecule is COCCn1ncc(NCC2(OC)CCOC2)c(Cl)c1=O. The molecule has 0 spiro atoms. The van der Waals surface area contributed by atoms with Crippen molar-refractivity contribution in [2.24, 2.45) is 0 Å². The first-order valence-corrected chi connectivity index (χ1v) is 7.11. The van der Waals surface area contributed by atoms with E-state index < -0.39 is 0 Å². The van der Waals surface area contributed by atoms with Crippen LogP contribution in [0.2, 0.25) is 5.02 Å². The number of halogens is 1. The Labute approximate surface area is 128 Å². The first-order chi connectivity index (χ1) is 10.1. The van der Waals surface area contributed by atoms with Gasteiger partial charge in [-0.2, -0.15) is 5.10 Å². The molecular weight excluding hydrogens is 298 g/mol. The van der Waals surface area contributed by atoms with E-state index in [0.29, 0.717) is 38.6 Å². The van der Waals surface area contributed by atoms with E-state index in [1.807, 2.05) is 0 Å². The molecule has 0 amide bonds. The van der Waals surface area contributed by atoms with Gasteiger partial charge in [-0.1, -0.05) is 11.6 Å².